The second-order valence-electron chi connectivity index (χ2n) is 3.82. The molecule has 8 nitrogen and oxygen atoms in total. The normalized spacial score (nSPS) is 11.1. The average molecular weight is 279 g/mol. The molecule has 0 aliphatic heterocycles. The van der Waals surface area contributed by atoms with Crippen LogP contribution in [0.15, 0.2) is 18.7 Å². The molecule has 0 radical (unpaired) electrons. The molecule has 3 heterocycles. The van der Waals surface area contributed by atoms with Crippen molar-refractivity contribution in [1.29, 1.82) is 0 Å². The van der Waals surface area contributed by atoms with E-state index in [1.54, 1.807) is 16.9 Å². The summed E-state index contributed by atoms with van der Waals surface area (Å²) in [4.78, 5) is 8.06. The van der Waals surface area contributed by atoms with Gasteiger partial charge in [-0.2, -0.15) is 19.6 Å². The zero-order valence-corrected chi connectivity index (χ0v) is 10.9. The van der Waals surface area contributed by atoms with Crippen molar-refractivity contribution in [3.63, 3.8) is 0 Å². The van der Waals surface area contributed by atoms with Crippen molar-refractivity contribution in [3.05, 3.63) is 29.7 Å². The molecule has 9 heteroatoms. The zero-order chi connectivity index (χ0) is 13.2. The molecule has 19 heavy (non-hydrogen) atoms. The van der Waals surface area contributed by atoms with Crippen LogP contribution in [0.4, 0.5) is 5.82 Å². The van der Waals surface area contributed by atoms with Gasteiger partial charge in [0.15, 0.2) is 5.82 Å². The lowest BCUT2D eigenvalue weighted by Gasteiger charge is -2.08. The van der Waals surface area contributed by atoms with E-state index >= 15 is 0 Å². The van der Waals surface area contributed by atoms with Gasteiger partial charge in [-0.25, -0.2) is 0 Å². The van der Waals surface area contributed by atoms with Gasteiger partial charge in [0, 0.05) is 12.6 Å². The molecule has 0 unspecified atom stereocenters. The molecule has 0 amide bonds. The average Bonchev–Trinajstić information content (AvgIpc) is 3.03. The first-order valence-corrected chi connectivity index (χ1v) is 6.12. The van der Waals surface area contributed by atoms with E-state index in [1.807, 2.05) is 11.5 Å². The summed E-state index contributed by atoms with van der Waals surface area (Å²) in [5.74, 6) is 1.99. The first-order valence-electron chi connectivity index (χ1n) is 5.74. The minimum Gasteiger partial charge on any atom is -0.363 e. The lowest BCUT2D eigenvalue weighted by atomic mass is 10.5. The maximum Gasteiger partial charge on any atom is 0.255 e. The van der Waals surface area contributed by atoms with Crippen LogP contribution in [0.3, 0.4) is 0 Å². The topological polar surface area (TPSA) is 85.8 Å². The summed E-state index contributed by atoms with van der Waals surface area (Å²) in [6.45, 7) is 3.37. The lowest BCUT2D eigenvalue weighted by Crippen LogP contribution is -2.10. The van der Waals surface area contributed by atoms with E-state index in [9.17, 15) is 0 Å². The van der Waals surface area contributed by atoms with E-state index in [4.69, 9.17) is 11.6 Å². The smallest absolute Gasteiger partial charge is 0.255 e. The Morgan fingerprint density at radius 2 is 2.32 bits per heavy atom. The van der Waals surface area contributed by atoms with E-state index in [0.717, 1.165) is 12.4 Å². The molecule has 0 bridgehead atoms. The molecule has 0 fully saturated rings. The van der Waals surface area contributed by atoms with Gasteiger partial charge >= 0.3 is 0 Å². The molecular weight excluding hydrogens is 268 g/mol. The first-order chi connectivity index (χ1) is 9.28. The summed E-state index contributed by atoms with van der Waals surface area (Å²) >= 11 is 5.93. The van der Waals surface area contributed by atoms with E-state index in [0.29, 0.717) is 23.3 Å². The summed E-state index contributed by atoms with van der Waals surface area (Å²) in [5, 5.41) is 15.6. The number of nitrogens with one attached hydrogen (secondary N) is 1. The minimum atomic E-state index is 0.361. The summed E-state index contributed by atoms with van der Waals surface area (Å²) in [5.41, 5.74) is 0. The highest BCUT2D eigenvalue weighted by atomic mass is 35.5. The predicted octanol–water partition coefficient (Wildman–Crippen LogP) is 1.00. The van der Waals surface area contributed by atoms with Crippen molar-refractivity contribution in [2.24, 2.45) is 0 Å². The number of hydrogen-bond donors (Lipinski definition) is 1. The summed E-state index contributed by atoms with van der Waals surface area (Å²) < 4.78 is 3.53. The van der Waals surface area contributed by atoms with Gasteiger partial charge in [0.2, 0.25) is 0 Å². The fourth-order valence-corrected chi connectivity index (χ4v) is 1.94. The van der Waals surface area contributed by atoms with Crippen molar-refractivity contribution in [1.82, 2.24) is 34.3 Å². The van der Waals surface area contributed by atoms with Crippen LogP contribution >= 0.6 is 11.6 Å². The van der Waals surface area contributed by atoms with Crippen molar-refractivity contribution in [3.8, 4) is 0 Å². The number of hydrogen-bond acceptors (Lipinski definition) is 6. The van der Waals surface area contributed by atoms with E-state index in [2.05, 4.69) is 30.6 Å². The third kappa shape index (κ3) is 2.22. The third-order valence-electron chi connectivity index (χ3n) is 2.68. The summed E-state index contributed by atoms with van der Waals surface area (Å²) in [6, 6.07) is 1.69. The quantitative estimate of drug-likeness (QED) is 0.717. The Morgan fingerprint density at radius 3 is 3.16 bits per heavy atom. The SMILES string of the molecule is CCn1cnnc1CNc1cc(Cl)nc2ncnn12. The van der Waals surface area contributed by atoms with Gasteiger partial charge in [-0.3, -0.25) is 0 Å². The highest BCUT2D eigenvalue weighted by Crippen LogP contribution is 2.15. The number of halogens is 1. The van der Waals surface area contributed by atoms with Crippen LogP contribution in [0, 0.1) is 0 Å². The van der Waals surface area contributed by atoms with Crippen LogP contribution in [-0.2, 0) is 13.1 Å². The molecule has 0 saturated carbocycles. The minimum absolute atomic E-state index is 0.361. The van der Waals surface area contributed by atoms with Crippen molar-refractivity contribution in [2.45, 2.75) is 20.0 Å². The number of rotatable bonds is 4. The number of nitrogens with zero attached hydrogens (tertiary/aromatic N) is 7. The van der Waals surface area contributed by atoms with Crippen LogP contribution < -0.4 is 5.32 Å². The fraction of sp³-hybridized carbons (Fsp3) is 0.300. The Hall–Kier alpha value is -2.22. The van der Waals surface area contributed by atoms with E-state index in [-0.39, 0.29) is 0 Å². The first kappa shape index (κ1) is 11.8. The standard InChI is InChI=1S/C10H11ClN8/c1-2-18-6-14-17-9(18)4-12-8-3-7(11)16-10-13-5-15-19(8)10/h3,5-6,12H,2,4H2,1H3. The van der Waals surface area contributed by atoms with Crippen molar-refractivity contribution < 1.29 is 0 Å². The Morgan fingerprint density at radius 1 is 1.42 bits per heavy atom. The molecule has 0 spiro atoms. The summed E-state index contributed by atoms with van der Waals surface area (Å²) in [6.07, 6.45) is 3.12. The maximum atomic E-state index is 5.93. The van der Waals surface area contributed by atoms with E-state index < -0.39 is 0 Å². The fourth-order valence-electron chi connectivity index (χ4n) is 1.76. The highest BCUT2D eigenvalue weighted by Gasteiger charge is 2.08. The molecule has 3 aromatic heterocycles. The maximum absolute atomic E-state index is 5.93. The second-order valence-corrected chi connectivity index (χ2v) is 4.21. The molecular formula is C10H11ClN8. The lowest BCUT2D eigenvalue weighted by molar-refractivity contribution is 0.706. The Bertz CT molecular complexity index is 702. The van der Waals surface area contributed by atoms with Gasteiger partial charge in [-0.05, 0) is 6.92 Å². The largest absolute Gasteiger partial charge is 0.363 e. The van der Waals surface area contributed by atoms with Gasteiger partial charge in [-0.15, -0.1) is 10.2 Å². The number of fused-ring (bicyclic) bond motifs is 1. The Kier molecular flexibility index (Phi) is 3.00. The van der Waals surface area contributed by atoms with Gasteiger partial charge < -0.3 is 9.88 Å². The van der Waals surface area contributed by atoms with Crippen LogP contribution in [0.1, 0.15) is 12.7 Å². The van der Waals surface area contributed by atoms with Crippen molar-refractivity contribution in [2.75, 3.05) is 5.32 Å². The Balaban J connectivity index is 1.87. The molecule has 98 valence electrons. The molecule has 3 aromatic rings. The van der Waals surface area contributed by atoms with Crippen LogP contribution in [-0.4, -0.2) is 34.3 Å². The van der Waals surface area contributed by atoms with Crippen LogP contribution in [0.2, 0.25) is 5.15 Å². The zero-order valence-electron chi connectivity index (χ0n) is 10.2. The number of anilines is 1. The van der Waals surface area contributed by atoms with Crippen LogP contribution in [0.5, 0.6) is 0 Å². The van der Waals surface area contributed by atoms with Gasteiger partial charge in [0.05, 0.1) is 6.54 Å². The molecule has 0 aliphatic carbocycles. The molecule has 3 rings (SSSR count). The van der Waals surface area contributed by atoms with E-state index in [1.165, 1.54) is 6.33 Å². The second kappa shape index (κ2) is 4.81. The summed E-state index contributed by atoms with van der Waals surface area (Å²) in [7, 11) is 0. The van der Waals surface area contributed by atoms with Gasteiger partial charge in [-0.1, -0.05) is 11.6 Å². The van der Waals surface area contributed by atoms with Gasteiger partial charge in [0.25, 0.3) is 5.78 Å². The molecule has 0 aromatic carbocycles. The number of aromatic nitrogens is 7. The predicted molar refractivity (Wildman–Crippen MR) is 68.8 cm³/mol. The monoisotopic (exact) mass is 278 g/mol. The molecule has 0 atom stereocenters. The number of aryl methyl sites for hydroxylation is 1. The third-order valence-corrected chi connectivity index (χ3v) is 2.88. The highest BCUT2D eigenvalue weighted by molar-refractivity contribution is 6.29. The molecule has 0 aliphatic rings. The molecule has 1 N–H and O–H groups in total. The Labute approximate surface area is 113 Å². The van der Waals surface area contributed by atoms with Gasteiger partial charge in [0.1, 0.15) is 23.6 Å². The van der Waals surface area contributed by atoms with Crippen LogP contribution in [0.25, 0.3) is 5.78 Å². The molecule has 0 saturated heterocycles. The van der Waals surface area contributed by atoms with Crippen molar-refractivity contribution >= 4 is 23.2 Å².